The van der Waals surface area contributed by atoms with E-state index in [1.807, 2.05) is 12.1 Å². The Balaban J connectivity index is 1.91. The van der Waals surface area contributed by atoms with Crippen LogP contribution in [0.2, 0.25) is 0 Å². The zero-order chi connectivity index (χ0) is 13.5. The molecule has 1 aromatic rings. The van der Waals surface area contributed by atoms with Crippen molar-refractivity contribution in [1.82, 2.24) is 4.90 Å². The Kier molecular flexibility index (Phi) is 3.39. The summed E-state index contributed by atoms with van der Waals surface area (Å²) in [5, 5.41) is 1.02. The molecule has 0 saturated carbocycles. The molecule has 0 radical (unpaired) electrons. The second-order valence-corrected chi connectivity index (χ2v) is 7.19. The van der Waals surface area contributed by atoms with Gasteiger partial charge in [-0.25, -0.2) is 0 Å². The molecule has 1 saturated heterocycles. The number of benzene rings is 1. The van der Waals surface area contributed by atoms with Gasteiger partial charge < -0.3 is 4.90 Å². The number of rotatable bonds is 1. The lowest BCUT2D eigenvalue weighted by Gasteiger charge is -2.32. The van der Waals surface area contributed by atoms with E-state index in [-0.39, 0.29) is 0 Å². The topological polar surface area (TPSA) is 49.7 Å². The largest absolute Gasteiger partial charge is 0.355 e. The molecule has 0 aromatic heterocycles. The van der Waals surface area contributed by atoms with Crippen LogP contribution in [0.5, 0.6) is 0 Å². The number of sulfonamides is 1. The average molecular weight is 343 g/mol. The Labute approximate surface area is 121 Å². The second kappa shape index (κ2) is 4.90. The lowest BCUT2D eigenvalue weighted by atomic mass is 9.98. The van der Waals surface area contributed by atoms with Crippen molar-refractivity contribution < 1.29 is 8.42 Å². The van der Waals surface area contributed by atoms with Crippen LogP contribution in [-0.2, 0) is 10.0 Å². The highest BCUT2D eigenvalue weighted by Crippen LogP contribution is 2.29. The molecule has 102 valence electrons. The van der Waals surface area contributed by atoms with E-state index in [4.69, 9.17) is 0 Å². The van der Waals surface area contributed by atoms with Gasteiger partial charge in [0.05, 0.1) is 0 Å². The summed E-state index contributed by atoms with van der Waals surface area (Å²) in [6, 6.07) is 7.08. The first-order valence-electron chi connectivity index (χ1n) is 6.37. The van der Waals surface area contributed by atoms with Crippen LogP contribution in [0, 0.1) is 5.92 Å². The van der Waals surface area contributed by atoms with Crippen molar-refractivity contribution in [2.45, 2.75) is 17.7 Å². The van der Waals surface area contributed by atoms with Gasteiger partial charge >= 0.3 is 0 Å². The maximum atomic E-state index is 12.0. The molecule has 6 heteroatoms. The maximum absolute atomic E-state index is 12.0. The van der Waals surface area contributed by atoms with Crippen molar-refractivity contribution in [1.29, 1.82) is 0 Å². The number of amidine groups is 1. The number of likely N-dealkylation sites (tertiary alicyclic amines) is 1. The van der Waals surface area contributed by atoms with Crippen molar-refractivity contribution in [3.8, 4) is 0 Å². The minimum atomic E-state index is -3.49. The fourth-order valence-electron chi connectivity index (χ4n) is 2.62. The summed E-state index contributed by atoms with van der Waals surface area (Å²) in [7, 11) is -3.49. The number of hydrogen-bond acceptors (Lipinski definition) is 3. The lowest BCUT2D eigenvalue weighted by Crippen LogP contribution is -2.38. The first kappa shape index (κ1) is 13.1. The van der Waals surface area contributed by atoms with E-state index in [0.29, 0.717) is 16.6 Å². The smallest absolute Gasteiger partial charge is 0.285 e. The molecule has 0 N–H and O–H groups in total. The maximum Gasteiger partial charge on any atom is 0.285 e. The highest BCUT2D eigenvalue weighted by atomic mass is 79.9. The fourth-order valence-corrected chi connectivity index (χ4v) is 4.49. The number of piperidine rings is 1. The minimum absolute atomic E-state index is 0.340. The van der Waals surface area contributed by atoms with Gasteiger partial charge in [0.2, 0.25) is 0 Å². The Morgan fingerprint density at radius 3 is 2.63 bits per heavy atom. The summed E-state index contributed by atoms with van der Waals surface area (Å²) in [4.78, 5) is 2.44. The van der Waals surface area contributed by atoms with E-state index >= 15 is 0 Å². The van der Waals surface area contributed by atoms with Crippen LogP contribution in [0.3, 0.4) is 0 Å². The van der Waals surface area contributed by atoms with E-state index in [1.165, 1.54) is 0 Å². The molecule has 2 heterocycles. The van der Waals surface area contributed by atoms with Gasteiger partial charge in [-0.3, -0.25) is 0 Å². The highest BCUT2D eigenvalue weighted by molar-refractivity contribution is 9.09. The van der Waals surface area contributed by atoms with Crippen molar-refractivity contribution in [3.63, 3.8) is 0 Å². The van der Waals surface area contributed by atoms with Crippen LogP contribution >= 0.6 is 15.9 Å². The van der Waals surface area contributed by atoms with E-state index in [0.717, 1.165) is 36.8 Å². The van der Waals surface area contributed by atoms with Crippen LogP contribution in [0.1, 0.15) is 18.4 Å². The van der Waals surface area contributed by atoms with Crippen molar-refractivity contribution in [2.75, 3.05) is 18.4 Å². The van der Waals surface area contributed by atoms with Crippen LogP contribution in [-0.4, -0.2) is 37.6 Å². The van der Waals surface area contributed by atoms with Gasteiger partial charge in [-0.1, -0.05) is 28.1 Å². The second-order valence-electron chi connectivity index (χ2n) is 4.97. The van der Waals surface area contributed by atoms with Crippen LogP contribution in [0.25, 0.3) is 0 Å². The predicted molar refractivity (Wildman–Crippen MR) is 78.3 cm³/mol. The number of nitrogens with zero attached hydrogens (tertiary/aromatic N) is 2. The Hall–Kier alpha value is -0.880. The minimum Gasteiger partial charge on any atom is -0.355 e. The summed E-state index contributed by atoms with van der Waals surface area (Å²) in [6.07, 6.45) is 2.15. The molecule has 3 rings (SSSR count). The van der Waals surface area contributed by atoms with Crippen molar-refractivity contribution in [2.24, 2.45) is 10.3 Å². The number of hydrogen-bond donors (Lipinski definition) is 0. The van der Waals surface area contributed by atoms with Gasteiger partial charge in [0, 0.05) is 24.0 Å². The molecule has 0 bridgehead atoms. The molecule has 0 amide bonds. The summed E-state index contributed by atoms with van der Waals surface area (Å²) in [5.74, 6) is 1.31. The Bertz CT molecular complexity index is 619. The number of fused-ring (bicyclic) bond motifs is 1. The zero-order valence-corrected chi connectivity index (χ0v) is 12.8. The molecule has 1 aromatic carbocycles. The molecule has 2 aliphatic rings. The predicted octanol–water partition coefficient (Wildman–Crippen LogP) is 2.24. The Morgan fingerprint density at radius 2 is 1.95 bits per heavy atom. The molecule has 1 fully saturated rings. The molecule has 4 nitrogen and oxygen atoms in total. The normalized spacial score (nSPS) is 22.2. The summed E-state index contributed by atoms with van der Waals surface area (Å²) >= 11 is 3.51. The number of halogens is 1. The van der Waals surface area contributed by atoms with Gasteiger partial charge in [0.15, 0.2) is 5.84 Å². The molecule has 0 atom stereocenters. The molecule has 0 spiro atoms. The lowest BCUT2D eigenvalue weighted by molar-refractivity contribution is 0.285. The van der Waals surface area contributed by atoms with Crippen LogP contribution < -0.4 is 0 Å². The average Bonchev–Trinajstić information content (AvgIpc) is 2.72. The first-order chi connectivity index (χ1) is 9.12. The molecular weight excluding hydrogens is 328 g/mol. The summed E-state index contributed by atoms with van der Waals surface area (Å²) in [5.41, 5.74) is 0.750. The van der Waals surface area contributed by atoms with Crippen LogP contribution in [0.15, 0.2) is 33.6 Å². The summed E-state index contributed by atoms with van der Waals surface area (Å²) < 4.78 is 28.0. The molecule has 0 aliphatic carbocycles. The molecule has 2 aliphatic heterocycles. The standard InChI is InChI=1S/C13H15BrN2O2S/c14-9-10-5-7-16(8-6-10)13-11-3-1-2-4-12(11)19(17,18)15-13/h1-4,10H,5-9H2. The third-order valence-electron chi connectivity index (χ3n) is 3.74. The first-order valence-corrected chi connectivity index (χ1v) is 8.93. The third kappa shape index (κ3) is 2.31. The monoisotopic (exact) mass is 342 g/mol. The SMILES string of the molecule is O=S1(=O)N=C(N2CCC(CBr)CC2)c2ccccc21. The van der Waals surface area contributed by atoms with Gasteiger partial charge in [0.25, 0.3) is 10.0 Å². The van der Waals surface area contributed by atoms with Crippen LogP contribution in [0.4, 0.5) is 0 Å². The zero-order valence-electron chi connectivity index (χ0n) is 10.4. The quantitative estimate of drug-likeness (QED) is 0.735. The third-order valence-corrected chi connectivity index (χ3v) is 5.99. The highest BCUT2D eigenvalue weighted by Gasteiger charge is 2.32. The van der Waals surface area contributed by atoms with Gasteiger partial charge in [-0.05, 0) is 30.9 Å². The van der Waals surface area contributed by atoms with Gasteiger partial charge in [-0.2, -0.15) is 8.42 Å². The summed E-state index contributed by atoms with van der Waals surface area (Å²) in [6.45, 7) is 1.75. The molecule has 0 unspecified atom stereocenters. The molecule has 19 heavy (non-hydrogen) atoms. The van der Waals surface area contributed by atoms with E-state index in [1.54, 1.807) is 12.1 Å². The van der Waals surface area contributed by atoms with E-state index in [2.05, 4.69) is 25.2 Å². The van der Waals surface area contributed by atoms with E-state index in [9.17, 15) is 8.42 Å². The van der Waals surface area contributed by atoms with Crippen molar-refractivity contribution >= 4 is 31.8 Å². The Morgan fingerprint density at radius 1 is 1.26 bits per heavy atom. The van der Waals surface area contributed by atoms with Crippen molar-refractivity contribution in [3.05, 3.63) is 29.8 Å². The van der Waals surface area contributed by atoms with E-state index < -0.39 is 10.0 Å². The fraction of sp³-hybridized carbons (Fsp3) is 0.462. The van der Waals surface area contributed by atoms with Gasteiger partial charge in [-0.15, -0.1) is 4.40 Å². The molecular formula is C13H15BrN2O2S. The van der Waals surface area contributed by atoms with Gasteiger partial charge in [0.1, 0.15) is 4.90 Å². The number of alkyl halides is 1.